The topological polar surface area (TPSA) is 42.4 Å². The molecular formula is C10H12N2O2. The van der Waals surface area contributed by atoms with Crippen molar-refractivity contribution in [2.75, 3.05) is 13.2 Å². The zero-order chi connectivity index (χ0) is 9.97. The third-order valence-corrected chi connectivity index (χ3v) is 2.32. The quantitative estimate of drug-likeness (QED) is 0.664. The third kappa shape index (κ3) is 1.61. The Hall–Kier alpha value is -1.42. The first-order valence-corrected chi connectivity index (χ1v) is 4.61. The molecule has 14 heavy (non-hydrogen) atoms. The van der Waals surface area contributed by atoms with Crippen molar-refractivity contribution >= 4 is 5.91 Å². The Morgan fingerprint density at radius 3 is 2.86 bits per heavy atom. The average molecular weight is 192 g/mol. The molecule has 4 heteroatoms. The Kier molecular flexibility index (Phi) is 2.45. The third-order valence-electron chi connectivity index (χ3n) is 2.32. The van der Waals surface area contributed by atoms with E-state index in [1.165, 1.54) is 0 Å². The molecule has 0 aromatic carbocycles. The van der Waals surface area contributed by atoms with Gasteiger partial charge in [0.25, 0.3) is 5.91 Å². The van der Waals surface area contributed by atoms with Crippen molar-refractivity contribution < 1.29 is 9.53 Å². The SMILES string of the molecule is CC1OCCN1C(=O)c1ccncc1. The molecule has 1 aromatic heterocycles. The van der Waals surface area contributed by atoms with Gasteiger partial charge in [-0.25, -0.2) is 0 Å². The smallest absolute Gasteiger partial charge is 0.256 e. The van der Waals surface area contributed by atoms with Crippen LogP contribution in [0.15, 0.2) is 24.5 Å². The van der Waals surface area contributed by atoms with Crippen LogP contribution in [-0.4, -0.2) is 35.2 Å². The van der Waals surface area contributed by atoms with Gasteiger partial charge in [-0.05, 0) is 19.1 Å². The highest BCUT2D eigenvalue weighted by molar-refractivity contribution is 5.94. The summed E-state index contributed by atoms with van der Waals surface area (Å²) < 4.78 is 5.30. The molecule has 74 valence electrons. The Labute approximate surface area is 82.5 Å². The lowest BCUT2D eigenvalue weighted by molar-refractivity contribution is 0.0378. The fraction of sp³-hybridized carbons (Fsp3) is 0.400. The maximum Gasteiger partial charge on any atom is 0.256 e. The minimum absolute atomic E-state index is 0.0115. The van der Waals surface area contributed by atoms with Gasteiger partial charge in [0.05, 0.1) is 6.61 Å². The summed E-state index contributed by atoms with van der Waals surface area (Å²) in [6, 6.07) is 3.43. The summed E-state index contributed by atoms with van der Waals surface area (Å²) in [4.78, 5) is 17.5. The Morgan fingerprint density at radius 2 is 2.29 bits per heavy atom. The number of carbonyl (C=O) groups excluding carboxylic acids is 1. The summed E-state index contributed by atoms with van der Waals surface area (Å²) in [5.41, 5.74) is 0.664. The molecule has 0 aliphatic carbocycles. The summed E-state index contributed by atoms with van der Waals surface area (Å²) in [6.07, 6.45) is 3.12. The van der Waals surface area contributed by atoms with Crippen LogP contribution >= 0.6 is 0 Å². The number of pyridine rings is 1. The Bertz CT molecular complexity index is 326. The predicted molar refractivity (Wildman–Crippen MR) is 50.7 cm³/mol. The minimum Gasteiger partial charge on any atom is -0.357 e. The maximum absolute atomic E-state index is 11.9. The van der Waals surface area contributed by atoms with Gasteiger partial charge in [-0.1, -0.05) is 0 Å². The van der Waals surface area contributed by atoms with E-state index in [1.807, 2.05) is 6.92 Å². The lowest BCUT2D eigenvalue weighted by atomic mass is 10.2. The molecule has 4 nitrogen and oxygen atoms in total. The van der Waals surface area contributed by atoms with Gasteiger partial charge >= 0.3 is 0 Å². The number of rotatable bonds is 1. The number of amides is 1. The number of carbonyl (C=O) groups is 1. The van der Waals surface area contributed by atoms with Crippen LogP contribution < -0.4 is 0 Å². The van der Waals surface area contributed by atoms with E-state index in [2.05, 4.69) is 4.98 Å². The lowest BCUT2D eigenvalue weighted by Gasteiger charge is -2.19. The number of aromatic nitrogens is 1. The molecule has 1 aliphatic rings. The number of ether oxygens (including phenoxy) is 1. The molecule has 0 N–H and O–H groups in total. The van der Waals surface area contributed by atoms with E-state index in [4.69, 9.17) is 4.74 Å². The largest absolute Gasteiger partial charge is 0.357 e. The van der Waals surface area contributed by atoms with Crippen molar-refractivity contribution in [1.29, 1.82) is 0 Å². The second-order valence-electron chi connectivity index (χ2n) is 3.20. The average Bonchev–Trinajstić information content (AvgIpc) is 2.65. The van der Waals surface area contributed by atoms with Crippen LogP contribution in [0.3, 0.4) is 0 Å². The summed E-state index contributed by atoms with van der Waals surface area (Å²) in [5, 5.41) is 0. The maximum atomic E-state index is 11.9. The Morgan fingerprint density at radius 1 is 1.57 bits per heavy atom. The molecule has 0 spiro atoms. The standard InChI is InChI=1S/C10H12N2O2/c1-8-12(6-7-14-8)10(13)9-2-4-11-5-3-9/h2-5,8H,6-7H2,1H3. The molecule has 2 heterocycles. The summed E-state index contributed by atoms with van der Waals surface area (Å²) in [7, 11) is 0. The number of hydrogen-bond acceptors (Lipinski definition) is 3. The van der Waals surface area contributed by atoms with Gasteiger partial charge in [0, 0.05) is 24.5 Å². The molecule has 1 aromatic rings. The van der Waals surface area contributed by atoms with Crippen molar-refractivity contribution in [3.05, 3.63) is 30.1 Å². The van der Waals surface area contributed by atoms with Crippen LogP contribution in [0.5, 0.6) is 0 Å². The molecule has 2 rings (SSSR count). The van der Waals surface area contributed by atoms with E-state index < -0.39 is 0 Å². The molecular weight excluding hydrogens is 180 g/mol. The first-order valence-electron chi connectivity index (χ1n) is 4.61. The summed E-state index contributed by atoms with van der Waals surface area (Å²) >= 11 is 0. The van der Waals surface area contributed by atoms with Crippen molar-refractivity contribution in [2.24, 2.45) is 0 Å². The van der Waals surface area contributed by atoms with E-state index in [1.54, 1.807) is 29.4 Å². The van der Waals surface area contributed by atoms with Crippen LogP contribution in [0.2, 0.25) is 0 Å². The second kappa shape index (κ2) is 3.75. The highest BCUT2D eigenvalue weighted by Gasteiger charge is 2.26. The van der Waals surface area contributed by atoms with Crippen LogP contribution in [0.4, 0.5) is 0 Å². The Balaban J connectivity index is 2.16. The first-order chi connectivity index (χ1) is 6.79. The van der Waals surface area contributed by atoms with E-state index in [9.17, 15) is 4.79 Å². The van der Waals surface area contributed by atoms with Crippen LogP contribution in [0, 0.1) is 0 Å². The first kappa shape index (κ1) is 9.15. The van der Waals surface area contributed by atoms with Crippen LogP contribution in [0.1, 0.15) is 17.3 Å². The lowest BCUT2D eigenvalue weighted by Crippen LogP contribution is -2.34. The molecule has 1 atom stereocenters. The highest BCUT2D eigenvalue weighted by Crippen LogP contribution is 2.13. The van der Waals surface area contributed by atoms with Crippen molar-refractivity contribution in [3.63, 3.8) is 0 Å². The second-order valence-corrected chi connectivity index (χ2v) is 3.20. The molecule has 1 unspecified atom stereocenters. The van der Waals surface area contributed by atoms with Gasteiger partial charge in [-0.15, -0.1) is 0 Å². The number of hydrogen-bond donors (Lipinski definition) is 0. The molecule has 0 radical (unpaired) electrons. The molecule has 0 saturated carbocycles. The van der Waals surface area contributed by atoms with Gasteiger partial charge in [-0.2, -0.15) is 0 Å². The van der Waals surface area contributed by atoms with E-state index in [-0.39, 0.29) is 12.1 Å². The minimum atomic E-state index is -0.115. The normalized spacial score (nSPS) is 21.2. The fourth-order valence-corrected chi connectivity index (χ4v) is 1.52. The molecule has 1 amide bonds. The van der Waals surface area contributed by atoms with Crippen molar-refractivity contribution in [2.45, 2.75) is 13.2 Å². The van der Waals surface area contributed by atoms with Gasteiger partial charge < -0.3 is 9.64 Å². The zero-order valence-corrected chi connectivity index (χ0v) is 8.01. The fourth-order valence-electron chi connectivity index (χ4n) is 1.52. The van der Waals surface area contributed by atoms with Gasteiger partial charge in [0.2, 0.25) is 0 Å². The van der Waals surface area contributed by atoms with Crippen LogP contribution in [-0.2, 0) is 4.74 Å². The molecule has 1 aliphatic heterocycles. The molecule has 0 bridgehead atoms. The van der Waals surface area contributed by atoms with Gasteiger partial charge in [0.15, 0.2) is 0 Å². The van der Waals surface area contributed by atoms with Gasteiger partial charge in [-0.3, -0.25) is 9.78 Å². The summed E-state index contributed by atoms with van der Waals surface area (Å²) in [6.45, 7) is 3.17. The van der Waals surface area contributed by atoms with Crippen LogP contribution in [0.25, 0.3) is 0 Å². The van der Waals surface area contributed by atoms with E-state index in [0.29, 0.717) is 18.7 Å². The van der Waals surface area contributed by atoms with Crippen molar-refractivity contribution in [3.8, 4) is 0 Å². The monoisotopic (exact) mass is 192 g/mol. The van der Waals surface area contributed by atoms with E-state index in [0.717, 1.165) is 0 Å². The van der Waals surface area contributed by atoms with Gasteiger partial charge in [0.1, 0.15) is 6.23 Å². The van der Waals surface area contributed by atoms with Crippen molar-refractivity contribution in [1.82, 2.24) is 9.88 Å². The highest BCUT2D eigenvalue weighted by atomic mass is 16.5. The summed E-state index contributed by atoms with van der Waals surface area (Å²) in [5.74, 6) is 0.0115. The zero-order valence-electron chi connectivity index (χ0n) is 8.01. The molecule has 1 fully saturated rings. The number of nitrogens with zero attached hydrogens (tertiary/aromatic N) is 2. The predicted octanol–water partition coefficient (Wildman–Crippen LogP) is 0.900. The van der Waals surface area contributed by atoms with E-state index >= 15 is 0 Å². The molecule has 1 saturated heterocycles.